The van der Waals surface area contributed by atoms with Crippen molar-refractivity contribution in [3.63, 3.8) is 0 Å². The number of carboxylic acids is 1. The maximum absolute atomic E-state index is 11.6. The van der Waals surface area contributed by atoms with Crippen molar-refractivity contribution in [1.29, 1.82) is 0 Å². The summed E-state index contributed by atoms with van der Waals surface area (Å²) in [5, 5.41) is 19.9. The lowest BCUT2D eigenvalue weighted by atomic mass is 10.2. The topological polar surface area (TPSA) is 89.9 Å². The number of amides is 2. The molecule has 3 N–H and O–H groups in total. The Kier molecular flexibility index (Phi) is 7.55. The van der Waals surface area contributed by atoms with Gasteiger partial charge in [0.15, 0.2) is 6.10 Å². The summed E-state index contributed by atoms with van der Waals surface area (Å²) in [6, 6.07) is -0.345. The van der Waals surface area contributed by atoms with E-state index >= 15 is 0 Å². The van der Waals surface area contributed by atoms with Crippen LogP contribution in [0.5, 0.6) is 0 Å². The highest BCUT2D eigenvalue weighted by Crippen LogP contribution is 1.94. The summed E-state index contributed by atoms with van der Waals surface area (Å²) in [5.74, 6) is 1.07. The fourth-order valence-electron chi connectivity index (χ4n) is 1.18. The van der Waals surface area contributed by atoms with Gasteiger partial charge < -0.3 is 20.4 Å². The summed E-state index contributed by atoms with van der Waals surface area (Å²) in [6.07, 6.45) is 4.42. The Bertz CT molecular complexity index is 298. The summed E-state index contributed by atoms with van der Waals surface area (Å²) < 4.78 is 0. The number of hydrogen-bond acceptors (Lipinski definition) is 3. The predicted molar refractivity (Wildman–Crippen MR) is 62.4 cm³/mol. The number of aliphatic hydroxyl groups excluding tert-OH is 1. The summed E-state index contributed by atoms with van der Waals surface area (Å²) in [5.41, 5.74) is 0. The predicted octanol–water partition coefficient (Wildman–Crippen LogP) is -0.123. The van der Waals surface area contributed by atoms with E-state index in [4.69, 9.17) is 16.6 Å². The number of aliphatic hydroxyl groups is 1. The first-order chi connectivity index (χ1) is 8.02. The number of carboxylic acid groups (broad SMARTS) is 1. The van der Waals surface area contributed by atoms with Crippen molar-refractivity contribution < 1.29 is 19.8 Å². The van der Waals surface area contributed by atoms with Crippen LogP contribution in [0.15, 0.2) is 0 Å². The van der Waals surface area contributed by atoms with Gasteiger partial charge in [0.2, 0.25) is 0 Å². The molecule has 0 rings (SSSR count). The van der Waals surface area contributed by atoms with Gasteiger partial charge in [0.05, 0.1) is 6.54 Å². The third-order valence-corrected chi connectivity index (χ3v) is 2.04. The van der Waals surface area contributed by atoms with Crippen LogP contribution in [0.2, 0.25) is 0 Å². The van der Waals surface area contributed by atoms with Crippen LogP contribution in [0, 0.1) is 12.3 Å². The smallest absolute Gasteiger partial charge is 0.332 e. The third-order valence-electron chi connectivity index (χ3n) is 2.04. The Morgan fingerprint density at radius 1 is 1.53 bits per heavy atom. The molecule has 0 saturated heterocycles. The molecular formula is C11H18N2O4. The van der Waals surface area contributed by atoms with Crippen LogP contribution < -0.4 is 5.32 Å². The third kappa shape index (κ3) is 6.43. The van der Waals surface area contributed by atoms with Crippen LogP contribution in [-0.2, 0) is 4.79 Å². The van der Waals surface area contributed by atoms with Crippen molar-refractivity contribution >= 4 is 12.0 Å². The maximum atomic E-state index is 11.6. The first-order valence-electron chi connectivity index (χ1n) is 5.40. The molecule has 0 spiro atoms. The minimum absolute atomic E-state index is 0.0307. The number of aliphatic carboxylic acids is 1. The van der Waals surface area contributed by atoms with Crippen LogP contribution in [-0.4, -0.2) is 52.9 Å². The molecule has 0 aliphatic carbocycles. The zero-order chi connectivity index (χ0) is 13.3. The monoisotopic (exact) mass is 242 g/mol. The number of rotatable bonds is 7. The van der Waals surface area contributed by atoms with Gasteiger partial charge in [-0.25, -0.2) is 9.59 Å². The minimum atomic E-state index is -1.46. The molecule has 0 fully saturated rings. The molecule has 0 bridgehead atoms. The molecule has 0 aromatic rings. The minimum Gasteiger partial charge on any atom is -0.479 e. The van der Waals surface area contributed by atoms with E-state index in [0.717, 1.165) is 6.42 Å². The van der Waals surface area contributed by atoms with Gasteiger partial charge in [-0.1, -0.05) is 12.8 Å². The van der Waals surface area contributed by atoms with Gasteiger partial charge in [-0.05, 0) is 6.42 Å². The van der Waals surface area contributed by atoms with E-state index in [9.17, 15) is 9.59 Å². The lowest BCUT2D eigenvalue weighted by Gasteiger charge is -2.20. The van der Waals surface area contributed by atoms with Gasteiger partial charge in [-0.2, -0.15) is 0 Å². The second-order valence-electron chi connectivity index (χ2n) is 3.50. The highest BCUT2D eigenvalue weighted by molar-refractivity contribution is 5.75. The zero-order valence-corrected chi connectivity index (χ0v) is 9.85. The fraction of sp³-hybridized carbons (Fsp3) is 0.636. The van der Waals surface area contributed by atoms with Gasteiger partial charge in [0.1, 0.15) is 0 Å². The molecule has 17 heavy (non-hydrogen) atoms. The van der Waals surface area contributed by atoms with E-state index in [0.29, 0.717) is 6.54 Å². The SMILES string of the molecule is C#CCN(CCC)C(=O)NCCC(O)C(=O)O. The molecule has 0 aromatic carbocycles. The van der Waals surface area contributed by atoms with Gasteiger partial charge >= 0.3 is 12.0 Å². The molecule has 1 unspecified atom stereocenters. The fourth-order valence-corrected chi connectivity index (χ4v) is 1.18. The van der Waals surface area contributed by atoms with Gasteiger partial charge in [0.25, 0.3) is 0 Å². The normalized spacial score (nSPS) is 11.4. The molecule has 6 heteroatoms. The lowest BCUT2D eigenvalue weighted by Crippen LogP contribution is -2.42. The van der Waals surface area contributed by atoms with Crippen molar-refractivity contribution in [3.05, 3.63) is 0 Å². The molecule has 0 aromatic heterocycles. The van der Waals surface area contributed by atoms with Crippen LogP contribution in [0.25, 0.3) is 0 Å². The van der Waals surface area contributed by atoms with E-state index in [1.54, 1.807) is 0 Å². The van der Waals surface area contributed by atoms with E-state index in [1.807, 2.05) is 6.92 Å². The number of hydrogen-bond donors (Lipinski definition) is 3. The van der Waals surface area contributed by atoms with Gasteiger partial charge in [-0.15, -0.1) is 6.42 Å². The maximum Gasteiger partial charge on any atom is 0.332 e. The summed E-state index contributed by atoms with van der Waals surface area (Å²) >= 11 is 0. The first-order valence-corrected chi connectivity index (χ1v) is 5.40. The van der Waals surface area contributed by atoms with Crippen LogP contribution in [0.1, 0.15) is 19.8 Å². The molecular weight excluding hydrogens is 224 g/mol. The lowest BCUT2D eigenvalue weighted by molar-refractivity contribution is -0.146. The van der Waals surface area contributed by atoms with Crippen molar-refractivity contribution in [2.75, 3.05) is 19.6 Å². The molecule has 6 nitrogen and oxygen atoms in total. The number of urea groups is 1. The molecule has 0 radical (unpaired) electrons. The molecule has 0 aliphatic rings. The largest absolute Gasteiger partial charge is 0.479 e. The van der Waals surface area contributed by atoms with E-state index < -0.39 is 12.1 Å². The number of carbonyl (C=O) groups excluding carboxylic acids is 1. The van der Waals surface area contributed by atoms with Crippen molar-refractivity contribution in [2.24, 2.45) is 0 Å². The summed E-state index contributed by atoms with van der Waals surface area (Å²) in [6.45, 7) is 2.76. The van der Waals surface area contributed by atoms with Gasteiger partial charge in [-0.3, -0.25) is 0 Å². The average molecular weight is 242 g/mol. The Hall–Kier alpha value is -1.74. The van der Waals surface area contributed by atoms with Crippen molar-refractivity contribution in [3.8, 4) is 12.3 Å². The molecule has 0 aliphatic heterocycles. The zero-order valence-electron chi connectivity index (χ0n) is 9.85. The second-order valence-corrected chi connectivity index (χ2v) is 3.50. The average Bonchev–Trinajstić information content (AvgIpc) is 2.28. The van der Waals surface area contributed by atoms with Crippen LogP contribution in [0.3, 0.4) is 0 Å². The van der Waals surface area contributed by atoms with Crippen molar-refractivity contribution in [1.82, 2.24) is 10.2 Å². The van der Waals surface area contributed by atoms with Crippen molar-refractivity contribution in [2.45, 2.75) is 25.9 Å². The van der Waals surface area contributed by atoms with E-state index in [1.165, 1.54) is 4.90 Å². The van der Waals surface area contributed by atoms with Gasteiger partial charge in [0, 0.05) is 19.5 Å². The first kappa shape index (κ1) is 15.3. The Balaban J connectivity index is 3.98. The number of nitrogens with one attached hydrogen (secondary N) is 1. The number of nitrogens with zero attached hydrogens (tertiary/aromatic N) is 1. The standard InChI is InChI=1S/C11H18N2O4/c1-3-7-13(8-4-2)11(17)12-6-5-9(14)10(15)16/h1,9,14H,4-8H2,2H3,(H,12,17)(H,15,16). The van der Waals surface area contributed by atoms with Crippen LogP contribution in [0.4, 0.5) is 4.79 Å². The number of carbonyl (C=O) groups is 2. The highest BCUT2D eigenvalue weighted by atomic mass is 16.4. The summed E-state index contributed by atoms with van der Waals surface area (Å²) in [4.78, 5) is 23.3. The summed E-state index contributed by atoms with van der Waals surface area (Å²) in [7, 11) is 0. The van der Waals surface area contributed by atoms with Crippen LogP contribution >= 0.6 is 0 Å². The quantitative estimate of drug-likeness (QED) is 0.543. The molecule has 0 saturated carbocycles. The molecule has 96 valence electrons. The Labute approximate surface area is 101 Å². The highest BCUT2D eigenvalue weighted by Gasteiger charge is 2.14. The van der Waals surface area contributed by atoms with E-state index in [-0.39, 0.29) is 25.5 Å². The van der Waals surface area contributed by atoms with E-state index in [2.05, 4.69) is 11.2 Å². The molecule has 0 heterocycles. The number of terminal acetylenes is 1. The second kappa shape index (κ2) is 8.42. The molecule has 2 amide bonds. The molecule has 1 atom stereocenters. The Morgan fingerprint density at radius 3 is 2.65 bits per heavy atom. The Morgan fingerprint density at radius 2 is 2.18 bits per heavy atom.